The van der Waals surface area contributed by atoms with Gasteiger partial charge >= 0.3 is 0 Å². The predicted molar refractivity (Wildman–Crippen MR) is 109 cm³/mol. The van der Waals surface area contributed by atoms with Gasteiger partial charge in [0.2, 0.25) is 0 Å². The summed E-state index contributed by atoms with van der Waals surface area (Å²) < 4.78 is 15.1. The van der Waals surface area contributed by atoms with E-state index in [4.69, 9.17) is 24.4 Å². The number of ether oxygens (including phenoxy) is 2. The quantitative estimate of drug-likeness (QED) is 0.654. The molecule has 9 heteroatoms. The summed E-state index contributed by atoms with van der Waals surface area (Å²) >= 11 is 1.41. The summed E-state index contributed by atoms with van der Waals surface area (Å²) in [6, 6.07) is 7.82. The molecule has 1 aromatic carbocycles. The number of nitrogens with zero attached hydrogens (tertiary/aromatic N) is 3. The van der Waals surface area contributed by atoms with Crippen LogP contribution in [0.25, 0.3) is 22.2 Å². The van der Waals surface area contributed by atoms with Crippen LogP contribution in [0.5, 0.6) is 5.75 Å². The van der Waals surface area contributed by atoms with Gasteiger partial charge in [-0.3, -0.25) is 9.59 Å². The molecule has 2 aromatic heterocycles. The fraction of sp³-hybridized carbons (Fsp3) is 0.300. The molecular formula is C20H21N3O5S. The lowest BCUT2D eigenvalue weighted by Gasteiger charge is -2.26. The van der Waals surface area contributed by atoms with Gasteiger partial charge in [-0.2, -0.15) is 0 Å². The molecule has 0 radical (unpaired) electrons. The van der Waals surface area contributed by atoms with Gasteiger partial charge in [-0.25, -0.2) is 9.36 Å². The number of morpholine rings is 1. The standard InChI is InChI=1S/C19H19N3O3S.CH2O2/c1-13-8-17(14-10-20-26-12-14)21-18-9-15(2-3-16(13)18)25-11-19(23)22-4-6-24-7-5-22;2-1-3/h2-3,8-10,12H,4-7,11H2,1H3;1H,(H,2,3). The van der Waals surface area contributed by atoms with Crippen LogP contribution in [0.2, 0.25) is 0 Å². The number of amides is 1. The van der Waals surface area contributed by atoms with E-state index in [1.807, 2.05) is 29.8 Å². The van der Waals surface area contributed by atoms with Crippen LogP contribution in [0.3, 0.4) is 0 Å². The molecule has 1 fully saturated rings. The number of fused-ring (bicyclic) bond motifs is 1. The molecular weight excluding hydrogens is 394 g/mol. The highest BCUT2D eigenvalue weighted by Gasteiger charge is 2.17. The van der Waals surface area contributed by atoms with Crippen molar-refractivity contribution in [2.45, 2.75) is 6.92 Å². The molecule has 3 aromatic rings. The van der Waals surface area contributed by atoms with Crippen molar-refractivity contribution in [3.63, 3.8) is 0 Å². The van der Waals surface area contributed by atoms with Gasteiger partial charge in [0.15, 0.2) is 6.61 Å². The van der Waals surface area contributed by atoms with Crippen LogP contribution in [0.4, 0.5) is 0 Å². The van der Waals surface area contributed by atoms with Gasteiger partial charge in [0.1, 0.15) is 5.75 Å². The first-order valence-electron chi connectivity index (χ1n) is 8.99. The molecule has 1 N–H and O–H groups in total. The third-order valence-electron chi connectivity index (χ3n) is 4.44. The summed E-state index contributed by atoms with van der Waals surface area (Å²) in [5, 5.41) is 9.94. The van der Waals surface area contributed by atoms with Crippen LogP contribution in [0.15, 0.2) is 35.8 Å². The summed E-state index contributed by atoms with van der Waals surface area (Å²) in [5.74, 6) is 0.627. The van der Waals surface area contributed by atoms with E-state index in [0.717, 1.165) is 27.7 Å². The van der Waals surface area contributed by atoms with Crippen LogP contribution in [-0.2, 0) is 14.3 Å². The number of carboxylic acid groups (broad SMARTS) is 1. The Bertz CT molecular complexity index is 972. The minimum absolute atomic E-state index is 0.0179. The molecule has 0 saturated carbocycles. The molecule has 1 amide bonds. The molecule has 4 rings (SSSR count). The molecule has 0 atom stereocenters. The molecule has 1 aliphatic rings. The lowest BCUT2D eigenvalue weighted by molar-refractivity contribution is -0.137. The summed E-state index contributed by atoms with van der Waals surface area (Å²) in [6.45, 7) is 4.27. The van der Waals surface area contributed by atoms with E-state index in [9.17, 15) is 4.79 Å². The SMILES string of the molecule is Cc1cc(-c2cnsc2)nc2cc(OCC(=O)N3CCOCC3)ccc12.O=CO. The second kappa shape index (κ2) is 9.94. The normalized spacial score (nSPS) is 13.5. The zero-order valence-electron chi connectivity index (χ0n) is 15.9. The van der Waals surface area contributed by atoms with E-state index in [-0.39, 0.29) is 19.0 Å². The number of hydrogen-bond donors (Lipinski definition) is 1. The smallest absolute Gasteiger partial charge is 0.290 e. The van der Waals surface area contributed by atoms with Crippen LogP contribution in [0.1, 0.15) is 5.56 Å². The summed E-state index contributed by atoms with van der Waals surface area (Å²) in [5.41, 5.74) is 3.90. The maximum Gasteiger partial charge on any atom is 0.290 e. The molecule has 3 heterocycles. The van der Waals surface area contributed by atoms with Crippen molar-refractivity contribution in [3.05, 3.63) is 41.4 Å². The number of hydrogen-bond acceptors (Lipinski definition) is 7. The van der Waals surface area contributed by atoms with Crippen molar-refractivity contribution in [2.75, 3.05) is 32.9 Å². The highest BCUT2D eigenvalue weighted by molar-refractivity contribution is 7.03. The number of rotatable bonds is 4. The predicted octanol–water partition coefficient (Wildman–Crippen LogP) is 2.61. The average Bonchev–Trinajstić information content (AvgIpc) is 3.28. The van der Waals surface area contributed by atoms with Crippen molar-refractivity contribution in [1.29, 1.82) is 0 Å². The third kappa shape index (κ3) is 5.27. The van der Waals surface area contributed by atoms with E-state index >= 15 is 0 Å². The zero-order chi connectivity index (χ0) is 20.6. The highest BCUT2D eigenvalue weighted by atomic mass is 32.1. The summed E-state index contributed by atoms with van der Waals surface area (Å²) in [7, 11) is 0. The first kappa shape index (κ1) is 20.7. The zero-order valence-corrected chi connectivity index (χ0v) is 16.7. The molecule has 8 nitrogen and oxygen atoms in total. The van der Waals surface area contributed by atoms with Crippen LogP contribution >= 0.6 is 11.5 Å². The van der Waals surface area contributed by atoms with E-state index in [1.54, 1.807) is 4.90 Å². The Hall–Kier alpha value is -3.04. The Morgan fingerprint density at radius 3 is 2.79 bits per heavy atom. The molecule has 0 spiro atoms. The van der Waals surface area contributed by atoms with Gasteiger partial charge in [-0.15, -0.1) is 0 Å². The minimum Gasteiger partial charge on any atom is -0.484 e. The first-order valence-corrected chi connectivity index (χ1v) is 9.83. The van der Waals surface area contributed by atoms with Gasteiger partial charge < -0.3 is 19.5 Å². The summed E-state index contributed by atoms with van der Waals surface area (Å²) in [4.78, 5) is 27.1. The fourth-order valence-electron chi connectivity index (χ4n) is 3.00. The number of aryl methyl sites for hydroxylation is 1. The van der Waals surface area contributed by atoms with Crippen molar-refractivity contribution in [2.24, 2.45) is 0 Å². The second-order valence-corrected chi connectivity index (χ2v) is 6.96. The van der Waals surface area contributed by atoms with Crippen molar-refractivity contribution in [3.8, 4) is 17.0 Å². The van der Waals surface area contributed by atoms with Crippen molar-refractivity contribution in [1.82, 2.24) is 14.3 Å². The monoisotopic (exact) mass is 415 g/mol. The van der Waals surface area contributed by atoms with Crippen molar-refractivity contribution >= 4 is 34.8 Å². The molecule has 29 heavy (non-hydrogen) atoms. The van der Waals surface area contributed by atoms with Crippen molar-refractivity contribution < 1.29 is 24.2 Å². The Balaban J connectivity index is 0.000000755. The van der Waals surface area contributed by atoms with Gasteiger partial charge in [0, 0.05) is 35.5 Å². The number of carbonyl (C=O) groups excluding carboxylic acids is 1. The van der Waals surface area contributed by atoms with Crippen LogP contribution in [0, 0.1) is 6.92 Å². The highest BCUT2D eigenvalue weighted by Crippen LogP contribution is 2.27. The van der Waals surface area contributed by atoms with Gasteiger partial charge in [-0.05, 0) is 42.2 Å². The van der Waals surface area contributed by atoms with E-state index in [0.29, 0.717) is 32.1 Å². The second-order valence-electron chi connectivity index (χ2n) is 6.30. The lowest BCUT2D eigenvalue weighted by atomic mass is 10.1. The number of benzene rings is 1. The maximum atomic E-state index is 12.2. The van der Waals surface area contributed by atoms with Crippen LogP contribution < -0.4 is 4.74 Å². The Morgan fingerprint density at radius 2 is 2.10 bits per heavy atom. The lowest BCUT2D eigenvalue weighted by Crippen LogP contribution is -2.42. The topological polar surface area (TPSA) is 102 Å². The Labute approximate surface area is 171 Å². The van der Waals surface area contributed by atoms with Gasteiger partial charge in [0.25, 0.3) is 12.4 Å². The van der Waals surface area contributed by atoms with E-state index < -0.39 is 0 Å². The maximum absolute atomic E-state index is 12.2. The third-order valence-corrected chi connectivity index (χ3v) is 5.03. The Morgan fingerprint density at radius 1 is 1.34 bits per heavy atom. The number of aromatic nitrogens is 2. The number of carbonyl (C=O) groups is 2. The first-order chi connectivity index (χ1) is 14.1. The molecule has 152 valence electrons. The van der Waals surface area contributed by atoms with E-state index in [1.165, 1.54) is 11.5 Å². The molecule has 1 saturated heterocycles. The number of pyridine rings is 1. The molecule has 1 aliphatic heterocycles. The van der Waals surface area contributed by atoms with Gasteiger partial charge in [-0.1, -0.05) is 0 Å². The van der Waals surface area contributed by atoms with E-state index in [2.05, 4.69) is 17.4 Å². The average molecular weight is 415 g/mol. The molecule has 0 unspecified atom stereocenters. The van der Waals surface area contributed by atoms with Crippen LogP contribution in [-0.4, -0.2) is 64.7 Å². The fourth-order valence-corrected chi connectivity index (χ4v) is 3.53. The van der Waals surface area contributed by atoms with Gasteiger partial charge in [0.05, 0.1) is 30.6 Å². The summed E-state index contributed by atoms with van der Waals surface area (Å²) in [6.07, 6.45) is 1.82. The molecule has 0 bridgehead atoms. The minimum atomic E-state index is -0.250. The Kier molecular flexibility index (Phi) is 7.09. The molecule has 0 aliphatic carbocycles. The largest absolute Gasteiger partial charge is 0.484 e.